The van der Waals surface area contributed by atoms with Crippen LogP contribution in [0, 0.1) is 5.82 Å². The van der Waals surface area contributed by atoms with Gasteiger partial charge in [0.05, 0.1) is 32.9 Å². The standard InChI is InChI=1S/C20H9Cl2FN4O2/c21-10-3-1-9(2-4-10)17-16-15-12(8-24-18(16)26-25-17)19(28)27(20(15)29)11-5-6-14(23)13(22)7-11/h1-8H,(H,24,25,26). The molecule has 142 valence electrons. The van der Waals surface area contributed by atoms with Crippen LogP contribution < -0.4 is 4.90 Å². The first-order chi connectivity index (χ1) is 14.0. The van der Waals surface area contributed by atoms with E-state index in [4.69, 9.17) is 23.2 Å². The third-order valence-corrected chi connectivity index (χ3v) is 5.27. The van der Waals surface area contributed by atoms with Crippen molar-refractivity contribution in [3.63, 3.8) is 0 Å². The molecule has 4 aromatic rings. The van der Waals surface area contributed by atoms with Gasteiger partial charge in [0.2, 0.25) is 0 Å². The van der Waals surface area contributed by atoms with E-state index in [2.05, 4.69) is 15.2 Å². The smallest absolute Gasteiger partial charge is 0.267 e. The van der Waals surface area contributed by atoms with Gasteiger partial charge in [0.15, 0.2) is 5.65 Å². The molecular formula is C20H9Cl2FN4O2. The van der Waals surface area contributed by atoms with Crippen LogP contribution in [0.2, 0.25) is 10.0 Å². The van der Waals surface area contributed by atoms with Crippen LogP contribution in [0.25, 0.3) is 22.3 Å². The zero-order valence-electron chi connectivity index (χ0n) is 14.4. The topological polar surface area (TPSA) is 79.0 Å². The highest BCUT2D eigenvalue weighted by Crippen LogP contribution is 2.37. The second-order valence-electron chi connectivity index (χ2n) is 6.40. The van der Waals surface area contributed by atoms with Crippen molar-refractivity contribution < 1.29 is 14.0 Å². The normalized spacial score (nSPS) is 13.4. The van der Waals surface area contributed by atoms with Crippen LogP contribution in [-0.4, -0.2) is 27.0 Å². The van der Waals surface area contributed by atoms with E-state index in [-0.39, 0.29) is 21.8 Å². The van der Waals surface area contributed by atoms with Crippen LogP contribution in [0.15, 0.2) is 48.7 Å². The fraction of sp³-hybridized carbons (Fsp3) is 0. The van der Waals surface area contributed by atoms with Gasteiger partial charge in [-0.15, -0.1) is 0 Å². The summed E-state index contributed by atoms with van der Waals surface area (Å²) in [5.74, 6) is -1.77. The number of carbonyl (C=O) groups excluding carboxylic acids is 2. The molecule has 0 spiro atoms. The molecule has 0 bridgehead atoms. The van der Waals surface area contributed by atoms with Crippen LogP contribution in [0.4, 0.5) is 10.1 Å². The molecular weight excluding hydrogens is 418 g/mol. The molecule has 2 aromatic heterocycles. The van der Waals surface area contributed by atoms with Crippen LogP contribution in [0.1, 0.15) is 20.7 Å². The second kappa shape index (κ2) is 6.37. The Morgan fingerprint density at radius 1 is 1.00 bits per heavy atom. The molecule has 1 aliphatic heterocycles. The van der Waals surface area contributed by atoms with Gasteiger partial charge in [0, 0.05) is 16.8 Å². The fourth-order valence-electron chi connectivity index (χ4n) is 3.38. The van der Waals surface area contributed by atoms with Crippen molar-refractivity contribution in [2.24, 2.45) is 0 Å². The Kier molecular flexibility index (Phi) is 3.90. The number of rotatable bonds is 2. The average Bonchev–Trinajstić information content (AvgIpc) is 3.24. The minimum Gasteiger partial charge on any atom is -0.275 e. The number of anilines is 1. The zero-order chi connectivity index (χ0) is 20.3. The molecule has 29 heavy (non-hydrogen) atoms. The molecule has 0 atom stereocenters. The summed E-state index contributed by atoms with van der Waals surface area (Å²) in [4.78, 5) is 31.3. The van der Waals surface area contributed by atoms with E-state index in [9.17, 15) is 14.0 Å². The Labute approximate surface area is 172 Å². The van der Waals surface area contributed by atoms with Crippen molar-refractivity contribution >= 4 is 51.7 Å². The predicted molar refractivity (Wildman–Crippen MR) is 107 cm³/mol. The first-order valence-corrected chi connectivity index (χ1v) is 9.18. The van der Waals surface area contributed by atoms with E-state index in [1.807, 2.05) is 0 Å². The van der Waals surface area contributed by atoms with Crippen molar-refractivity contribution in [1.29, 1.82) is 0 Å². The summed E-state index contributed by atoms with van der Waals surface area (Å²) in [6.07, 6.45) is 1.31. The lowest BCUT2D eigenvalue weighted by molar-refractivity contribution is 0.0926. The number of aromatic amines is 1. The third-order valence-electron chi connectivity index (χ3n) is 4.73. The van der Waals surface area contributed by atoms with E-state index >= 15 is 0 Å². The third kappa shape index (κ3) is 2.62. The van der Waals surface area contributed by atoms with Gasteiger partial charge in [-0.05, 0) is 30.3 Å². The Bertz CT molecular complexity index is 1330. The predicted octanol–water partition coefficient (Wildman–Crippen LogP) is 4.87. The number of carbonyl (C=O) groups is 2. The molecule has 0 saturated heterocycles. The number of hydrogen-bond donors (Lipinski definition) is 1. The van der Waals surface area contributed by atoms with Crippen LogP contribution in [-0.2, 0) is 0 Å². The minimum absolute atomic E-state index is 0.138. The highest BCUT2D eigenvalue weighted by Gasteiger charge is 2.40. The van der Waals surface area contributed by atoms with Crippen molar-refractivity contribution in [3.05, 3.63) is 75.7 Å². The zero-order valence-corrected chi connectivity index (χ0v) is 15.9. The summed E-state index contributed by atoms with van der Waals surface area (Å²) >= 11 is 11.8. The van der Waals surface area contributed by atoms with E-state index in [1.165, 1.54) is 18.3 Å². The molecule has 3 heterocycles. The van der Waals surface area contributed by atoms with Gasteiger partial charge in [-0.25, -0.2) is 14.3 Å². The summed E-state index contributed by atoms with van der Waals surface area (Å²) in [5, 5.41) is 7.84. The van der Waals surface area contributed by atoms with Gasteiger partial charge in [0.25, 0.3) is 11.8 Å². The SMILES string of the molecule is O=C1c2cnc3n[nH]c(-c4ccc(Cl)cc4)c3c2C(=O)N1c1ccc(F)c(Cl)c1. The number of benzene rings is 2. The number of imide groups is 1. The maximum absolute atomic E-state index is 13.5. The maximum atomic E-state index is 13.5. The molecule has 9 heteroatoms. The molecule has 5 rings (SSSR count). The molecule has 2 aromatic carbocycles. The van der Waals surface area contributed by atoms with Crippen LogP contribution >= 0.6 is 23.2 Å². The summed E-state index contributed by atoms with van der Waals surface area (Å²) in [7, 11) is 0. The number of H-pyrrole nitrogens is 1. The molecule has 2 amide bonds. The Morgan fingerprint density at radius 3 is 2.48 bits per heavy atom. The van der Waals surface area contributed by atoms with E-state index in [0.29, 0.717) is 21.7 Å². The lowest BCUT2D eigenvalue weighted by Crippen LogP contribution is -2.29. The summed E-state index contributed by atoms with van der Waals surface area (Å²) in [6.45, 7) is 0. The lowest BCUT2D eigenvalue weighted by Gasteiger charge is -2.14. The molecule has 0 aliphatic carbocycles. The number of nitrogens with zero attached hydrogens (tertiary/aromatic N) is 3. The number of fused-ring (bicyclic) bond motifs is 3. The van der Waals surface area contributed by atoms with Gasteiger partial charge < -0.3 is 0 Å². The number of halogens is 3. The number of amides is 2. The molecule has 0 unspecified atom stereocenters. The van der Waals surface area contributed by atoms with E-state index < -0.39 is 17.6 Å². The van der Waals surface area contributed by atoms with Gasteiger partial charge in [-0.3, -0.25) is 14.7 Å². The molecule has 0 radical (unpaired) electrons. The van der Waals surface area contributed by atoms with Crippen molar-refractivity contribution in [1.82, 2.24) is 15.2 Å². The first kappa shape index (κ1) is 17.8. The number of pyridine rings is 1. The van der Waals surface area contributed by atoms with Crippen LogP contribution in [0.3, 0.4) is 0 Å². The van der Waals surface area contributed by atoms with Gasteiger partial charge in [-0.2, -0.15) is 5.10 Å². The minimum atomic E-state index is -0.643. The molecule has 1 N–H and O–H groups in total. The van der Waals surface area contributed by atoms with E-state index in [1.54, 1.807) is 24.3 Å². The average molecular weight is 427 g/mol. The van der Waals surface area contributed by atoms with Crippen molar-refractivity contribution in [2.45, 2.75) is 0 Å². The van der Waals surface area contributed by atoms with E-state index in [0.717, 1.165) is 16.5 Å². The summed E-state index contributed by atoms with van der Waals surface area (Å²) in [6, 6.07) is 10.6. The van der Waals surface area contributed by atoms with Crippen LogP contribution in [0.5, 0.6) is 0 Å². The highest BCUT2D eigenvalue weighted by molar-refractivity contribution is 6.38. The monoisotopic (exact) mass is 426 g/mol. The lowest BCUT2D eigenvalue weighted by atomic mass is 10.0. The molecule has 6 nitrogen and oxygen atoms in total. The van der Waals surface area contributed by atoms with Crippen molar-refractivity contribution in [3.8, 4) is 11.3 Å². The molecule has 0 fully saturated rings. The van der Waals surface area contributed by atoms with Gasteiger partial charge in [-0.1, -0.05) is 35.3 Å². The summed E-state index contributed by atoms with van der Waals surface area (Å²) in [5.41, 5.74) is 2.07. The number of nitrogens with one attached hydrogen (secondary N) is 1. The second-order valence-corrected chi connectivity index (χ2v) is 7.24. The molecule has 1 aliphatic rings. The fourth-order valence-corrected chi connectivity index (χ4v) is 3.68. The van der Waals surface area contributed by atoms with Gasteiger partial charge >= 0.3 is 0 Å². The largest absolute Gasteiger partial charge is 0.275 e. The first-order valence-electron chi connectivity index (χ1n) is 8.42. The quantitative estimate of drug-likeness (QED) is 0.463. The number of hydrogen-bond acceptors (Lipinski definition) is 4. The molecule has 0 saturated carbocycles. The highest BCUT2D eigenvalue weighted by atomic mass is 35.5. The van der Waals surface area contributed by atoms with Crippen molar-refractivity contribution in [2.75, 3.05) is 4.90 Å². The maximum Gasteiger partial charge on any atom is 0.267 e. The van der Waals surface area contributed by atoms with Gasteiger partial charge in [0.1, 0.15) is 5.82 Å². The number of aromatic nitrogens is 3. The Balaban J connectivity index is 1.71. The Morgan fingerprint density at radius 2 is 1.76 bits per heavy atom. The Hall–Kier alpha value is -3.29. The summed E-state index contributed by atoms with van der Waals surface area (Å²) < 4.78 is 13.5.